The number of hydrogen-bond acceptors (Lipinski definition) is 5. The first-order chi connectivity index (χ1) is 12.3. The van der Waals surface area contributed by atoms with E-state index in [4.69, 9.17) is 0 Å². The molecule has 26 heavy (non-hydrogen) atoms. The quantitative estimate of drug-likeness (QED) is 0.858. The molecule has 1 aromatic carbocycles. The van der Waals surface area contributed by atoms with Gasteiger partial charge in [0, 0.05) is 23.4 Å². The van der Waals surface area contributed by atoms with Gasteiger partial charge < -0.3 is 9.64 Å². The molecular weight excluding hydrogens is 371 g/mol. The molecule has 1 aliphatic heterocycles. The normalized spacial score (nSPS) is 13.9. The number of carbonyl (C=O) groups is 2. The van der Waals surface area contributed by atoms with Crippen molar-refractivity contribution in [2.24, 2.45) is 0 Å². The van der Waals surface area contributed by atoms with Crippen LogP contribution < -0.4 is 5.32 Å². The van der Waals surface area contributed by atoms with E-state index in [1.54, 1.807) is 0 Å². The average Bonchev–Trinajstić information content (AvgIpc) is 3.01. The molecule has 0 fully saturated rings. The van der Waals surface area contributed by atoms with E-state index < -0.39 is 23.7 Å². The lowest BCUT2D eigenvalue weighted by molar-refractivity contribution is -0.137. The minimum Gasteiger partial charge on any atom is -0.453 e. The van der Waals surface area contributed by atoms with Crippen molar-refractivity contribution >= 4 is 28.5 Å². The first kappa shape index (κ1) is 18.2. The number of hydrogen-bond donors (Lipinski definition) is 1. The number of amides is 2. The summed E-state index contributed by atoms with van der Waals surface area (Å²) in [5.41, 5.74) is -0.240. The van der Waals surface area contributed by atoms with E-state index in [0.717, 1.165) is 22.7 Å². The number of thiazole rings is 1. The van der Waals surface area contributed by atoms with Crippen LogP contribution in [0, 0.1) is 0 Å². The van der Waals surface area contributed by atoms with Crippen molar-refractivity contribution in [3.63, 3.8) is 0 Å². The topological polar surface area (TPSA) is 71.5 Å². The largest absolute Gasteiger partial charge is 0.453 e. The molecule has 3 rings (SSSR count). The third-order valence-electron chi connectivity index (χ3n) is 3.84. The molecule has 0 bridgehead atoms. The van der Waals surface area contributed by atoms with Gasteiger partial charge in [0.25, 0.3) is 5.91 Å². The van der Waals surface area contributed by atoms with Crippen LogP contribution in [0.2, 0.25) is 0 Å². The van der Waals surface area contributed by atoms with Gasteiger partial charge in [-0.05, 0) is 18.2 Å². The highest BCUT2D eigenvalue weighted by Gasteiger charge is 2.31. The third-order valence-corrected chi connectivity index (χ3v) is 4.83. The van der Waals surface area contributed by atoms with Gasteiger partial charge in [0.15, 0.2) is 5.13 Å². The van der Waals surface area contributed by atoms with E-state index in [-0.39, 0.29) is 10.7 Å². The van der Waals surface area contributed by atoms with Crippen LogP contribution in [0.15, 0.2) is 24.3 Å². The van der Waals surface area contributed by atoms with Gasteiger partial charge in [0.2, 0.25) is 0 Å². The minimum atomic E-state index is -4.52. The summed E-state index contributed by atoms with van der Waals surface area (Å²) in [6.45, 7) is 0.767. The Morgan fingerprint density at radius 1 is 1.35 bits per heavy atom. The fourth-order valence-corrected chi connectivity index (χ4v) is 3.56. The van der Waals surface area contributed by atoms with Crippen molar-refractivity contribution in [3.8, 4) is 0 Å². The Balaban J connectivity index is 1.74. The Bertz CT molecular complexity index is 851. The zero-order chi connectivity index (χ0) is 18.9. The zero-order valence-corrected chi connectivity index (χ0v) is 14.4. The van der Waals surface area contributed by atoms with E-state index in [9.17, 15) is 22.8 Å². The van der Waals surface area contributed by atoms with Gasteiger partial charge >= 0.3 is 12.3 Å². The number of benzene rings is 1. The molecule has 1 aromatic heterocycles. The van der Waals surface area contributed by atoms with E-state index >= 15 is 0 Å². The molecule has 1 N–H and O–H groups in total. The minimum absolute atomic E-state index is 0.107. The summed E-state index contributed by atoms with van der Waals surface area (Å²) >= 11 is 1.18. The number of alkyl halides is 3. The van der Waals surface area contributed by atoms with E-state index in [2.05, 4.69) is 15.0 Å². The summed E-state index contributed by atoms with van der Waals surface area (Å²) in [4.78, 5) is 30.4. The second kappa shape index (κ2) is 6.94. The molecule has 6 nitrogen and oxygen atoms in total. The second-order valence-corrected chi connectivity index (χ2v) is 6.65. The molecule has 2 amide bonds. The van der Waals surface area contributed by atoms with E-state index in [1.165, 1.54) is 35.5 Å². The maximum Gasteiger partial charge on any atom is 0.416 e. The van der Waals surface area contributed by atoms with Crippen LogP contribution >= 0.6 is 11.3 Å². The molecule has 2 aromatic rings. The van der Waals surface area contributed by atoms with Crippen LogP contribution in [0.25, 0.3) is 0 Å². The Hall–Kier alpha value is -2.62. The predicted molar refractivity (Wildman–Crippen MR) is 88.0 cm³/mol. The fraction of sp³-hybridized carbons (Fsp3) is 0.312. The van der Waals surface area contributed by atoms with E-state index in [0.29, 0.717) is 19.5 Å². The van der Waals surface area contributed by atoms with Crippen molar-refractivity contribution in [1.82, 2.24) is 9.88 Å². The number of rotatable bonds is 2. The molecule has 0 spiro atoms. The van der Waals surface area contributed by atoms with Crippen molar-refractivity contribution < 1.29 is 27.5 Å². The second-order valence-electron chi connectivity index (χ2n) is 5.56. The Labute approximate surface area is 150 Å². The number of halogens is 3. The van der Waals surface area contributed by atoms with Crippen LogP contribution in [0.3, 0.4) is 0 Å². The van der Waals surface area contributed by atoms with Gasteiger partial charge in [-0.2, -0.15) is 13.2 Å². The van der Waals surface area contributed by atoms with Crippen LogP contribution in [0.4, 0.5) is 23.1 Å². The summed E-state index contributed by atoms with van der Waals surface area (Å²) in [7, 11) is 1.30. The van der Waals surface area contributed by atoms with Crippen molar-refractivity contribution in [2.45, 2.75) is 19.1 Å². The Morgan fingerprint density at radius 3 is 2.81 bits per heavy atom. The first-order valence-electron chi connectivity index (χ1n) is 7.58. The summed E-state index contributed by atoms with van der Waals surface area (Å²) in [5.74, 6) is -0.674. The third kappa shape index (κ3) is 3.79. The zero-order valence-electron chi connectivity index (χ0n) is 13.6. The molecule has 0 unspecified atom stereocenters. The van der Waals surface area contributed by atoms with Crippen LogP contribution in [0.5, 0.6) is 0 Å². The molecule has 0 aliphatic carbocycles. The molecule has 0 atom stereocenters. The molecular formula is C16H14F3N3O3S. The maximum absolute atomic E-state index is 12.8. The monoisotopic (exact) mass is 385 g/mol. The standard InChI is InChI=1S/C16H14F3N3O3S/c1-25-15(24)22-6-5-11-12(8-22)26-14(20-11)21-13(23)9-3-2-4-10(7-9)16(17,18)19/h2-4,7H,5-6,8H2,1H3,(H,20,21,23). The molecule has 1 aliphatic rings. The van der Waals surface area contributed by atoms with Gasteiger partial charge in [-0.3, -0.25) is 10.1 Å². The number of methoxy groups -OCH3 is 1. The first-order valence-corrected chi connectivity index (χ1v) is 8.39. The number of nitrogens with zero attached hydrogens (tertiary/aromatic N) is 2. The predicted octanol–water partition coefficient (Wildman–Crippen LogP) is 3.54. The van der Waals surface area contributed by atoms with Crippen molar-refractivity contribution in [3.05, 3.63) is 46.0 Å². The summed E-state index contributed by atoms with van der Waals surface area (Å²) < 4.78 is 43.0. The lowest BCUT2D eigenvalue weighted by Gasteiger charge is -2.24. The van der Waals surface area contributed by atoms with Crippen LogP contribution in [0.1, 0.15) is 26.5 Å². The van der Waals surface area contributed by atoms with Gasteiger partial charge in [-0.25, -0.2) is 9.78 Å². The van der Waals surface area contributed by atoms with Gasteiger partial charge in [0.1, 0.15) is 0 Å². The van der Waals surface area contributed by atoms with E-state index in [1.807, 2.05) is 0 Å². The highest BCUT2D eigenvalue weighted by molar-refractivity contribution is 7.15. The number of carbonyl (C=O) groups excluding carboxylic acids is 2. The Morgan fingerprint density at radius 2 is 2.12 bits per heavy atom. The number of anilines is 1. The molecule has 0 radical (unpaired) electrons. The fourth-order valence-electron chi connectivity index (χ4n) is 2.54. The van der Waals surface area contributed by atoms with Crippen LogP contribution in [-0.2, 0) is 23.9 Å². The lowest BCUT2D eigenvalue weighted by atomic mass is 10.1. The highest BCUT2D eigenvalue weighted by atomic mass is 32.1. The highest BCUT2D eigenvalue weighted by Crippen LogP contribution is 2.31. The van der Waals surface area contributed by atoms with Crippen molar-refractivity contribution in [2.75, 3.05) is 19.0 Å². The molecule has 2 heterocycles. The Kier molecular flexibility index (Phi) is 4.86. The van der Waals surface area contributed by atoms with Crippen molar-refractivity contribution in [1.29, 1.82) is 0 Å². The number of fused-ring (bicyclic) bond motifs is 1. The number of nitrogens with one attached hydrogen (secondary N) is 1. The number of aromatic nitrogens is 1. The van der Waals surface area contributed by atoms with Crippen LogP contribution in [-0.4, -0.2) is 35.5 Å². The average molecular weight is 385 g/mol. The van der Waals surface area contributed by atoms with Gasteiger partial charge in [0.05, 0.1) is 24.9 Å². The lowest BCUT2D eigenvalue weighted by Crippen LogP contribution is -2.35. The SMILES string of the molecule is COC(=O)N1CCc2nc(NC(=O)c3cccc(C(F)(F)F)c3)sc2C1. The van der Waals surface area contributed by atoms with Gasteiger partial charge in [-0.15, -0.1) is 0 Å². The summed E-state index contributed by atoms with van der Waals surface area (Å²) in [5, 5.41) is 2.80. The molecule has 0 saturated heterocycles. The van der Waals surface area contributed by atoms with Gasteiger partial charge in [-0.1, -0.05) is 17.4 Å². The smallest absolute Gasteiger partial charge is 0.416 e. The molecule has 0 saturated carbocycles. The summed E-state index contributed by atoms with van der Waals surface area (Å²) in [6, 6.07) is 4.18. The summed E-state index contributed by atoms with van der Waals surface area (Å²) in [6.07, 6.45) is -4.45. The maximum atomic E-state index is 12.8. The molecule has 10 heteroatoms. The number of ether oxygens (including phenoxy) is 1. The molecule has 138 valence electrons.